The molecule has 18 heavy (non-hydrogen) atoms. The summed E-state index contributed by atoms with van der Waals surface area (Å²) in [5, 5.41) is 9.31. The molecule has 1 aromatic carbocycles. The van der Waals surface area contributed by atoms with Crippen molar-refractivity contribution in [2.24, 2.45) is 5.73 Å². The third-order valence-corrected chi connectivity index (χ3v) is 3.16. The van der Waals surface area contributed by atoms with Gasteiger partial charge < -0.3 is 20.3 Å². The van der Waals surface area contributed by atoms with Gasteiger partial charge in [0.1, 0.15) is 24.2 Å². The third-order valence-electron chi connectivity index (χ3n) is 2.24. The van der Waals surface area contributed by atoms with E-state index in [4.69, 9.17) is 18.3 Å². The summed E-state index contributed by atoms with van der Waals surface area (Å²) < 4.78 is 35.7. The van der Waals surface area contributed by atoms with E-state index < -0.39 is 11.1 Å². The van der Waals surface area contributed by atoms with Crippen LogP contribution in [0.1, 0.15) is 5.56 Å². The lowest BCUT2D eigenvalue weighted by Gasteiger charge is -2.18. The molecular formula is C10H10BF2NO3S. The van der Waals surface area contributed by atoms with E-state index in [1.807, 2.05) is 0 Å². The van der Waals surface area contributed by atoms with E-state index in [-0.39, 0.29) is 34.6 Å². The van der Waals surface area contributed by atoms with Gasteiger partial charge in [-0.25, -0.2) is 0 Å². The van der Waals surface area contributed by atoms with E-state index in [0.29, 0.717) is 5.56 Å². The molecule has 0 fully saturated rings. The van der Waals surface area contributed by atoms with Crippen LogP contribution in [0.3, 0.4) is 0 Å². The Morgan fingerprint density at radius 1 is 1.61 bits per heavy atom. The van der Waals surface area contributed by atoms with Gasteiger partial charge in [0.25, 0.3) is 0 Å². The Morgan fingerprint density at radius 3 is 2.83 bits per heavy atom. The number of halogens is 2. The minimum absolute atomic E-state index is 0.0106. The molecule has 1 aromatic rings. The van der Waals surface area contributed by atoms with Crippen LogP contribution in [0.5, 0.6) is 11.5 Å². The predicted molar refractivity (Wildman–Crippen MR) is 63.0 cm³/mol. The lowest BCUT2D eigenvalue weighted by atomic mass is 9.86. The SMILES string of the molecule is [B]C(N)(O)Cc1cc(OC)c2c(c1)OC(F)(F)S2. The molecule has 0 saturated carbocycles. The molecule has 1 atom stereocenters. The van der Waals surface area contributed by atoms with Crippen LogP contribution >= 0.6 is 11.8 Å². The van der Waals surface area contributed by atoms with Crippen LogP contribution in [0.4, 0.5) is 8.78 Å². The number of thioether (sulfide) groups is 1. The van der Waals surface area contributed by atoms with Crippen LogP contribution in [0, 0.1) is 0 Å². The molecule has 0 aliphatic carbocycles. The Bertz CT molecular complexity index is 479. The number of aliphatic hydroxyl groups is 1. The molecule has 3 N–H and O–H groups in total. The molecule has 1 aliphatic heterocycles. The maximum atomic E-state index is 13.1. The van der Waals surface area contributed by atoms with E-state index in [1.54, 1.807) is 0 Å². The van der Waals surface area contributed by atoms with Crippen molar-refractivity contribution in [3.05, 3.63) is 17.7 Å². The highest BCUT2D eigenvalue weighted by molar-refractivity contribution is 8.00. The summed E-state index contributed by atoms with van der Waals surface area (Å²) >= 11 is 0.266. The van der Waals surface area contributed by atoms with Crippen molar-refractivity contribution in [3.63, 3.8) is 0 Å². The normalized spacial score (nSPS) is 19.8. The van der Waals surface area contributed by atoms with E-state index in [2.05, 4.69) is 4.74 Å². The first-order valence-electron chi connectivity index (χ1n) is 4.97. The molecule has 0 spiro atoms. The second-order valence-electron chi connectivity index (χ2n) is 3.96. The number of nitrogens with two attached hydrogens (primary N) is 1. The highest BCUT2D eigenvalue weighted by Gasteiger charge is 2.43. The van der Waals surface area contributed by atoms with Crippen molar-refractivity contribution in [1.82, 2.24) is 0 Å². The molecule has 2 rings (SSSR count). The molecule has 1 heterocycles. The summed E-state index contributed by atoms with van der Waals surface area (Å²) in [6.07, 6.45) is -0.115. The second kappa shape index (κ2) is 4.29. The predicted octanol–water partition coefficient (Wildman–Crippen LogP) is 1.05. The smallest absolute Gasteiger partial charge is 0.457 e. The number of fused-ring (bicyclic) bond motifs is 1. The summed E-state index contributed by atoms with van der Waals surface area (Å²) in [5.41, 5.74) is 0.450. The number of methoxy groups -OCH3 is 1. The Hall–Kier alpha value is -0.985. The lowest BCUT2D eigenvalue weighted by Crippen LogP contribution is -2.42. The zero-order valence-electron chi connectivity index (χ0n) is 9.44. The molecule has 0 aromatic heterocycles. The van der Waals surface area contributed by atoms with Gasteiger partial charge in [0, 0.05) is 18.2 Å². The number of alkyl halides is 2. The molecule has 4 nitrogen and oxygen atoms in total. The number of ether oxygens (including phenoxy) is 2. The summed E-state index contributed by atoms with van der Waals surface area (Å²) in [6, 6.07) is 2.84. The number of benzene rings is 1. The Labute approximate surface area is 108 Å². The second-order valence-corrected chi connectivity index (χ2v) is 5.05. The molecule has 0 bridgehead atoms. The van der Waals surface area contributed by atoms with Gasteiger partial charge in [-0.15, -0.1) is 0 Å². The first-order chi connectivity index (χ1) is 8.20. The molecular weight excluding hydrogens is 263 g/mol. The largest absolute Gasteiger partial charge is 0.495 e. The van der Waals surface area contributed by atoms with Crippen molar-refractivity contribution in [2.45, 2.75) is 22.4 Å². The van der Waals surface area contributed by atoms with E-state index in [1.165, 1.54) is 19.2 Å². The average molecular weight is 273 g/mol. The fourth-order valence-electron chi connectivity index (χ4n) is 1.66. The number of hydrogen-bond donors (Lipinski definition) is 2. The minimum atomic E-state index is -3.32. The molecule has 0 saturated heterocycles. The summed E-state index contributed by atoms with van der Waals surface area (Å²) in [4.78, 5) is 0.212. The fraction of sp³-hybridized carbons (Fsp3) is 0.400. The molecule has 1 unspecified atom stereocenters. The van der Waals surface area contributed by atoms with Crippen molar-refractivity contribution < 1.29 is 23.4 Å². The Morgan fingerprint density at radius 2 is 2.28 bits per heavy atom. The quantitative estimate of drug-likeness (QED) is 0.636. The molecule has 8 heteroatoms. The van der Waals surface area contributed by atoms with Crippen LogP contribution in [-0.2, 0) is 6.42 Å². The van der Waals surface area contributed by atoms with Gasteiger partial charge in [-0.1, -0.05) is 0 Å². The van der Waals surface area contributed by atoms with Gasteiger partial charge in [-0.2, -0.15) is 8.78 Å². The van der Waals surface area contributed by atoms with Crippen LogP contribution in [0.25, 0.3) is 0 Å². The standard InChI is InChI=1S/C10H10BF2NO3S/c1-16-6-2-5(4-9(11,14)15)3-7-8(6)18-10(12,13)17-7/h2-3,15H,4,14H2,1H3. The Kier molecular flexibility index (Phi) is 3.20. The van der Waals surface area contributed by atoms with Gasteiger partial charge >= 0.3 is 5.44 Å². The average Bonchev–Trinajstić information content (AvgIpc) is 2.48. The van der Waals surface area contributed by atoms with Gasteiger partial charge in [0.15, 0.2) is 0 Å². The topological polar surface area (TPSA) is 64.7 Å². The van der Waals surface area contributed by atoms with E-state index >= 15 is 0 Å². The minimum Gasteiger partial charge on any atom is -0.495 e. The van der Waals surface area contributed by atoms with Gasteiger partial charge in [0.2, 0.25) is 0 Å². The van der Waals surface area contributed by atoms with E-state index in [9.17, 15) is 13.9 Å². The molecule has 2 radical (unpaired) electrons. The monoisotopic (exact) mass is 273 g/mol. The number of hydrogen-bond acceptors (Lipinski definition) is 5. The van der Waals surface area contributed by atoms with Crippen molar-refractivity contribution in [3.8, 4) is 11.5 Å². The summed E-state index contributed by atoms with van der Waals surface area (Å²) in [7, 11) is 6.61. The van der Waals surface area contributed by atoms with Gasteiger partial charge in [-0.05, 0) is 17.7 Å². The molecule has 1 aliphatic rings. The van der Waals surface area contributed by atoms with Crippen molar-refractivity contribution >= 4 is 19.6 Å². The van der Waals surface area contributed by atoms with E-state index in [0.717, 1.165) is 0 Å². The van der Waals surface area contributed by atoms with Crippen LogP contribution < -0.4 is 15.2 Å². The van der Waals surface area contributed by atoms with Gasteiger partial charge in [-0.3, -0.25) is 0 Å². The lowest BCUT2D eigenvalue weighted by molar-refractivity contribution is -0.0822. The van der Waals surface area contributed by atoms with Gasteiger partial charge in [0.05, 0.1) is 12.7 Å². The van der Waals surface area contributed by atoms with Crippen LogP contribution in [0.2, 0.25) is 0 Å². The van der Waals surface area contributed by atoms with Crippen molar-refractivity contribution in [1.29, 1.82) is 0 Å². The highest BCUT2D eigenvalue weighted by atomic mass is 32.2. The molecule has 96 valence electrons. The first-order valence-corrected chi connectivity index (χ1v) is 5.79. The van der Waals surface area contributed by atoms with Crippen molar-refractivity contribution in [2.75, 3.05) is 7.11 Å². The molecule has 0 amide bonds. The fourth-order valence-corrected chi connectivity index (χ4v) is 2.47. The van der Waals surface area contributed by atoms with Crippen LogP contribution in [-0.4, -0.2) is 31.1 Å². The maximum Gasteiger partial charge on any atom is 0.457 e. The first kappa shape index (κ1) is 13.4. The maximum absolute atomic E-state index is 13.1. The zero-order valence-corrected chi connectivity index (χ0v) is 10.3. The summed E-state index contributed by atoms with van der Waals surface area (Å²) in [6.45, 7) is 0. The Balaban J connectivity index is 2.38. The highest BCUT2D eigenvalue weighted by Crippen LogP contribution is 2.53. The zero-order chi connectivity index (χ0) is 13.6. The summed E-state index contributed by atoms with van der Waals surface area (Å²) in [5.74, 6) is 0.220. The number of rotatable bonds is 3. The van der Waals surface area contributed by atoms with Crippen LogP contribution in [0.15, 0.2) is 17.0 Å². The third kappa shape index (κ3) is 2.88.